The molecule has 0 saturated heterocycles. The van der Waals surface area contributed by atoms with Crippen molar-refractivity contribution in [2.45, 2.75) is 32.7 Å². The van der Waals surface area contributed by atoms with Gasteiger partial charge >= 0.3 is 0 Å². The molecule has 0 amide bonds. The molecular weight excluding hydrogens is 350 g/mol. The van der Waals surface area contributed by atoms with Crippen LogP contribution in [0.1, 0.15) is 24.5 Å². The molecule has 1 atom stereocenters. The van der Waals surface area contributed by atoms with Gasteiger partial charge in [0, 0.05) is 10.5 Å². The summed E-state index contributed by atoms with van der Waals surface area (Å²) in [7, 11) is 0. The Bertz CT molecular complexity index is 630. The zero-order chi connectivity index (χ0) is 15.4. The third-order valence-corrected chi connectivity index (χ3v) is 4.40. The largest absolute Gasteiger partial charge is 0.456 e. The van der Waals surface area contributed by atoms with Crippen LogP contribution in [0, 0.1) is 6.92 Å². The Labute approximate surface area is 139 Å². The predicted octanol–water partition coefficient (Wildman–Crippen LogP) is 5.48. The first-order valence-electron chi connectivity index (χ1n) is 6.97. The Hall–Kier alpha value is -1.03. The number of ether oxygens (including phenoxy) is 1. The fourth-order valence-electron chi connectivity index (χ4n) is 2.00. The SMILES string of the molecule is CCC(N)Cc1ccc(Oc2cc(C)ccc2Cl)cc1Br. The van der Waals surface area contributed by atoms with Crippen LogP contribution in [0.25, 0.3) is 0 Å². The van der Waals surface area contributed by atoms with E-state index in [-0.39, 0.29) is 6.04 Å². The van der Waals surface area contributed by atoms with Gasteiger partial charge in [-0.3, -0.25) is 0 Å². The molecule has 0 heterocycles. The van der Waals surface area contributed by atoms with Crippen molar-refractivity contribution in [3.05, 3.63) is 57.0 Å². The molecule has 0 bridgehead atoms. The quantitative estimate of drug-likeness (QED) is 0.758. The van der Waals surface area contributed by atoms with Crippen molar-refractivity contribution in [3.8, 4) is 11.5 Å². The van der Waals surface area contributed by atoms with Crippen molar-refractivity contribution in [1.82, 2.24) is 0 Å². The van der Waals surface area contributed by atoms with Gasteiger partial charge in [0.05, 0.1) is 5.02 Å². The van der Waals surface area contributed by atoms with Crippen LogP contribution in [-0.4, -0.2) is 6.04 Å². The van der Waals surface area contributed by atoms with Gasteiger partial charge in [0.15, 0.2) is 0 Å². The number of rotatable bonds is 5. The topological polar surface area (TPSA) is 35.2 Å². The molecule has 0 radical (unpaired) electrons. The second kappa shape index (κ2) is 7.30. The van der Waals surface area contributed by atoms with Crippen molar-refractivity contribution in [3.63, 3.8) is 0 Å². The number of halogens is 2. The van der Waals surface area contributed by atoms with Crippen LogP contribution in [-0.2, 0) is 6.42 Å². The van der Waals surface area contributed by atoms with Gasteiger partial charge in [-0.1, -0.05) is 46.6 Å². The van der Waals surface area contributed by atoms with E-state index < -0.39 is 0 Å². The first-order valence-corrected chi connectivity index (χ1v) is 8.14. The molecular formula is C17H19BrClNO. The van der Waals surface area contributed by atoms with E-state index in [4.69, 9.17) is 22.1 Å². The van der Waals surface area contributed by atoms with Gasteiger partial charge in [-0.15, -0.1) is 0 Å². The van der Waals surface area contributed by atoms with Crippen LogP contribution < -0.4 is 10.5 Å². The molecule has 2 aromatic carbocycles. The minimum Gasteiger partial charge on any atom is -0.456 e. The lowest BCUT2D eigenvalue weighted by atomic mass is 10.0. The van der Waals surface area contributed by atoms with Crippen molar-refractivity contribution in [2.24, 2.45) is 5.73 Å². The van der Waals surface area contributed by atoms with Crippen LogP contribution in [0.5, 0.6) is 11.5 Å². The van der Waals surface area contributed by atoms with Crippen LogP contribution in [0.2, 0.25) is 5.02 Å². The van der Waals surface area contributed by atoms with E-state index in [1.807, 2.05) is 43.3 Å². The summed E-state index contributed by atoms with van der Waals surface area (Å²) >= 11 is 9.73. The van der Waals surface area contributed by atoms with Gasteiger partial charge in [0.1, 0.15) is 11.5 Å². The molecule has 1 unspecified atom stereocenters. The summed E-state index contributed by atoms with van der Waals surface area (Å²) in [5.41, 5.74) is 8.30. The maximum Gasteiger partial charge on any atom is 0.146 e. The highest BCUT2D eigenvalue weighted by atomic mass is 79.9. The molecule has 0 fully saturated rings. The monoisotopic (exact) mass is 367 g/mol. The first-order chi connectivity index (χ1) is 9.99. The highest BCUT2D eigenvalue weighted by molar-refractivity contribution is 9.10. The maximum atomic E-state index is 6.15. The number of nitrogens with two attached hydrogens (primary N) is 1. The number of hydrogen-bond donors (Lipinski definition) is 1. The predicted molar refractivity (Wildman–Crippen MR) is 92.4 cm³/mol. The van der Waals surface area contributed by atoms with Crippen molar-refractivity contribution < 1.29 is 4.74 Å². The summed E-state index contributed by atoms with van der Waals surface area (Å²) in [6.45, 7) is 4.10. The summed E-state index contributed by atoms with van der Waals surface area (Å²) in [6, 6.07) is 11.9. The molecule has 0 aliphatic rings. The zero-order valence-corrected chi connectivity index (χ0v) is 14.5. The molecule has 2 rings (SSSR count). The van der Waals surface area contributed by atoms with Crippen LogP contribution in [0.15, 0.2) is 40.9 Å². The van der Waals surface area contributed by atoms with Crippen molar-refractivity contribution in [2.75, 3.05) is 0 Å². The van der Waals surface area contributed by atoms with Gasteiger partial charge < -0.3 is 10.5 Å². The third-order valence-electron chi connectivity index (χ3n) is 3.35. The van der Waals surface area contributed by atoms with Gasteiger partial charge in [-0.05, 0) is 55.2 Å². The maximum absolute atomic E-state index is 6.15. The second-order valence-electron chi connectivity index (χ2n) is 5.16. The van der Waals surface area contributed by atoms with Gasteiger partial charge in [0.2, 0.25) is 0 Å². The van der Waals surface area contributed by atoms with Gasteiger partial charge in [-0.25, -0.2) is 0 Å². The minimum absolute atomic E-state index is 0.180. The van der Waals surface area contributed by atoms with E-state index in [1.54, 1.807) is 0 Å². The number of aryl methyl sites for hydroxylation is 1. The van der Waals surface area contributed by atoms with E-state index in [9.17, 15) is 0 Å². The lowest BCUT2D eigenvalue weighted by Gasteiger charge is -2.13. The minimum atomic E-state index is 0.180. The average Bonchev–Trinajstić information content (AvgIpc) is 2.45. The average molecular weight is 369 g/mol. The fraction of sp³-hybridized carbons (Fsp3) is 0.294. The summed E-state index contributed by atoms with van der Waals surface area (Å²) in [4.78, 5) is 0. The second-order valence-corrected chi connectivity index (χ2v) is 6.42. The molecule has 0 saturated carbocycles. The molecule has 2 nitrogen and oxygen atoms in total. The van der Waals surface area contributed by atoms with Crippen LogP contribution in [0.4, 0.5) is 0 Å². The Morgan fingerprint density at radius 3 is 2.67 bits per heavy atom. The number of benzene rings is 2. The van der Waals surface area contributed by atoms with E-state index in [2.05, 4.69) is 22.9 Å². The first kappa shape index (κ1) is 16.3. The highest BCUT2D eigenvalue weighted by Gasteiger charge is 2.08. The van der Waals surface area contributed by atoms with Crippen molar-refractivity contribution >= 4 is 27.5 Å². The Morgan fingerprint density at radius 2 is 2.00 bits per heavy atom. The molecule has 0 aliphatic heterocycles. The Kier molecular flexibility index (Phi) is 5.68. The Morgan fingerprint density at radius 1 is 1.24 bits per heavy atom. The summed E-state index contributed by atoms with van der Waals surface area (Å²) in [5, 5.41) is 0.605. The van der Waals surface area contributed by atoms with Gasteiger partial charge in [0.25, 0.3) is 0 Å². The van der Waals surface area contributed by atoms with Crippen LogP contribution in [0.3, 0.4) is 0 Å². The summed E-state index contributed by atoms with van der Waals surface area (Å²) < 4.78 is 6.87. The zero-order valence-electron chi connectivity index (χ0n) is 12.2. The standard InChI is InChI=1S/C17H19BrClNO/c1-3-13(20)9-12-5-6-14(10-15(12)18)21-17-8-11(2)4-7-16(17)19/h4-8,10,13H,3,9,20H2,1-2H3. The van der Waals surface area contributed by atoms with Crippen LogP contribution >= 0.6 is 27.5 Å². The normalized spacial score (nSPS) is 12.2. The summed E-state index contributed by atoms with van der Waals surface area (Å²) in [5.74, 6) is 1.42. The fourth-order valence-corrected chi connectivity index (χ4v) is 2.68. The molecule has 0 spiro atoms. The van der Waals surface area contributed by atoms with E-state index in [0.29, 0.717) is 10.8 Å². The van der Waals surface area contributed by atoms with E-state index in [0.717, 1.165) is 28.6 Å². The molecule has 112 valence electrons. The van der Waals surface area contributed by atoms with Gasteiger partial charge in [-0.2, -0.15) is 0 Å². The molecule has 2 N–H and O–H groups in total. The highest BCUT2D eigenvalue weighted by Crippen LogP contribution is 2.32. The lowest BCUT2D eigenvalue weighted by Crippen LogP contribution is -2.21. The molecule has 21 heavy (non-hydrogen) atoms. The van der Waals surface area contributed by atoms with Crippen molar-refractivity contribution in [1.29, 1.82) is 0 Å². The third kappa shape index (κ3) is 4.47. The van der Waals surface area contributed by atoms with E-state index >= 15 is 0 Å². The smallest absolute Gasteiger partial charge is 0.146 e. The summed E-state index contributed by atoms with van der Waals surface area (Å²) in [6.07, 6.45) is 1.81. The number of hydrogen-bond acceptors (Lipinski definition) is 2. The molecule has 2 aromatic rings. The molecule has 0 aromatic heterocycles. The molecule has 0 aliphatic carbocycles. The molecule has 4 heteroatoms. The lowest BCUT2D eigenvalue weighted by molar-refractivity contribution is 0.481. The van der Waals surface area contributed by atoms with E-state index in [1.165, 1.54) is 5.56 Å². The Balaban J connectivity index is 2.18.